The standard InChI is InChI=1S/C42H47FN6O9S/c1-41(2,3)58-40(53)44-30-15-11-6-4-5-10-14-25-22-42(25,39(52)48-59(54,55)28-17-18-28)47-36(50)31-21-27(23-49(31)38(30)51)56-37-34-33(29-20-26(43)16-19-32(29)57-34)45-35(46-37)24-12-8-7-9-13-24/h7-10,12-14,16,19-20,25,27-28,30-31H,4-6,11,15,17-18,21-23H2,1-3H3,(H,44,53)(H,47,50)(H,48,52)/b14-10-/t25-,27-,30+,31+,42-/m1/s1. The Hall–Kier alpha value is -5.58. The molecule has 4 aromatic rings. The molecule has 2 saturated carbocycles. The van der Waals surface area contributed by atoms with Crippen LogP contribution in [-0.2, 0) is 29.1 Å². The number of hydrogen-bond acceptors (Lipinski definition) is 11. The Kier molecular flexibility index (Phi) is 10.6. The van der Waals surface area contributed by atoms with Crippen LogP contribution in [0.3, 0.4) is 0 Å². The molecular formula is C42H47FN6O9S. The zero-order valence-corrected chi connectivity index (χ0v) is 33.8. The summed E-state index contributed by atoms with van der Waals surface area (Å²) < 4.78 is 60.7. The predicted octanol–water partition coefficient (Wildman–Crippen LogP) is 5.43. The predicted molar refractivity (Wildman–Crippen MR) is 214 cm³/mol. The molecule has 1 saturated heterocycles. The van der Waals surface area contributed by atoms with Crippen LogP contribution < -0.4 is 20.1 Å². The van der Waals surface area contributed by atoms with E-state index in [1.165, 1.54) is 23.1 Å². The van der Waals surface area contributed by atoms with Gasteiger partial charge < -0.3 is 29.4 Å². The number of allylic oxidation sites excluding steroid dienone is 1. The van der Waals surface area contributed by atoms with E-state index in [0.717, 1.165) is 12.8 Å². The molecule has 312 valence electrons. The van der Waals surface area contributed by atoms with E-state index >= 15 is 0 Å². The van der Waals surface area contributed by atoms with E-state index in [0.29, 0.717) is 47.7 Å². The number of sulfonamides is 1. The smallest absolute Gasteiger partial charge is 0.408 e. The summed E-state index contributed by atoms with van der Waals surface area (Å²) in [4.78, 5) is 66.9. The van der Waals surface area contributed by atoms with Crippen LogP contribution in [0.15, 0.2) is 65.1 Å². The highest BCUT2D eigenvalue weighted by Crippen LogP contribution is 2.46. The second kappa shape index (κ2) is 15.5. The Morgan fingerprint density at radius 1 is 1.03 bits per heavy atom. The van der Waals surface area contributed by atoms with Gasteiger partial charge in [0, 0.05) is 23.3 Å². The van der Waals surface area contributed by atoms with Crippen molar-refractivity contribution in [2.24, 2.45) is 5.92 Å². The van der Waals surface area contributed by atoms with Crippen LogP contribution in [0.5, 0.6) is 5.88 Å². The van der Waals surface area contributed by atoms with E-state index in [1.54, 1.807) is 20.8 Å². The molecule has 4 heterocycles. The lowest BCUT2D eigenvalue weighted by molar-refractivity contribution is -0.141. The number of nitrogens with zero attached hydrogens (tertiary/aromatic N) is 3. The monoisotopic (exact) mass is 830 g/mol. The molecule has 3 fully saturated rings. The normalized spacial score (nSPS) is 25.9. The van der Waals surface area contributed by atoms with Gasteiger partial charge in [-0.1, -0.05) is 55.3 Å². The van der Waals surface area contributed by atoms with Crippen molar-refractivity contribution in [3.63, 3.8) is 0 Å². The van der Waals surface area contributed by atoms with Crippen molar-refractivity contribution in [3.05, 3.63) is 66.5 Å². The molecule has 17 heteroatoms. The van der Waals surface area contributed by atoms with Crippen LogP contribution in [0.2, 0.25) is 0 Å². The highest BCUT2D eigenvalue weighted by atomic mass is 32.2. The van der Waals surface area contributed by atoms with Gasteiger partial charge in [0.25, 0.3) is 11.8 Å². The summed E-state index contributed by atoms with van der Waals surface area (Å²) in [5, 5.41) is 5.32. The third-order valence-corrected chi connectivity index (χ3v) is 12.9. The number of carbonyl (C=O) groups excluding carboxylic acids is 4. The summed E-state index contributed by atoms with van der Waals surface area (Å²) in [6.45, 7) is 4.99. The molecule has 2 aromatic heterocycles. The minimum atomic E-state index is -3.94. The van der Waals surface area contributed by atoms with Crippen molar-refractivity contribution in [1.82, 2.24) is 30.2 Å². The van der Waals surface area contributed by atoms with Gasteiger partial charge in [0.15, 0.2) is 5.82 Å². The van der Waals surface area contributed by atoms with Crippen LogP contribution >= 0.6 is 0 Å². The highest BCUT2D eigenvalue weighted by molar-refractivity contribution is 7.91. The van der Waals surface area contributed by atoms with E-state index in [4.69, 9.17) is 23.9 Å². The van der Waals surface area contributed by atoms with E-state index in [-0.39, 0.29) is 43.1 Å². The second-order valence-electron chi connectivity index (χ2n) is 16.8. The molecule has 5 atom stereocenters. The van der Waals surface area contributed by atoms with Crippen LogP contribution in [0, 0.1) is 11.7 Å². The number of ether oxygens (including phenoxy) is 2. The molecule has 0 bridgehead atoms. The molecule has 2 aromatic carbocycles. The number of halogens is 1. The fourth-order valence-electron chi connectivity index (χ4n) is 7.84. The number of alkyl carbamates (subject to hydrolysis) is 1. The summed E-state index contributed by atoms with van der Waals surface area (Å²) in [6, 6.07) is 10.9. The third-order valence-electron chi connectivity index (χ3n) is 11.1. The summed E-state index contributed by atoms with van der Waals surface area (Å²) in [5.74, 6) is -2.78. The van der Waals surface area contributed by atoms with Gasteiger partial charge in [-0.3, -0.25) is 19.1 Å². The molecule has 2 aliphatic carbocycles. The van der Waals surface area contributed by atoms with E-state index in [9.17, 15) is 32.0 Å². The van der Waals surface area contributed by atoms with E-state index in [2.05, 4.69) is 15.4 Å². The zero-order chi connectivity index (χ0) is 41.7. The molecule has 0 radical (unpaired) electrons. The lowest BCUT2D eigenvalue weighted by Gasteiger charge is -2.30. The van der Waals surface area contributed by atoms with Gasteiger partial charge in [-0.05, 0) is 77.5 Å². The van der Waals surface area contributed by atoms with Gasteiger partial charge in [0.2, 0.25) is 27.4 Å². The van der Waals surface area contributed by atoms with Gasteiger partial charge >= 0.3 is 6.09 Å². The number of aromatic nitrogens is 2. The molecule has 4 amide bonds. The maximum atomic E-state index is 14.7. The molecule has 15 nitrogen and oxygen atoms in total. The van der Waals surface area contributed by atoms with E-state index < -0.39 is 80.2 Å². The summed E-state index contributed by atoms with van der Waals surface area (Å²) >= 11 is 0. The Bertz CT molecular complexity index is 2450. The Balaban J connectivity index is 1.15. The van der Waals surface area contributed by atoms with Gasteiger partial charge in [-0.25, -0.2) is 22.6 Å². The second-order valence-corrected chi connectivity index (χ2v) is 18.8. The van der Waals surface area contributed by atoms with Crippen molar-refractivity contribution < 1.29 is 45.9 Å². The first-order valence-corrected chi connectivity index (χ1v) is 21.6. The van der Waals surface area contributed by atoms with Crippen molar-refractivity contribution in [2.75, 3.05) is 6.54 Å². The number of hydrogen-bond donors (Lipinski definition) is 3. The molecule has 8 rings (SSSR count). The topological polar surface area (TPSA) is 199 Å². The maximum absolute atomic E-state index is 14.7. The molecule has 0 unspecified atom stereocenters. The SMILES string of the molecule is CC(C)(C)OC(=O)N[C@H]1CCCCC/C=C\[C@@H]2C[C@@]2(C(=O)NS(=O)(=O)C2CC2)NC(=O)[C@@H]2C[C@@H](Oc3nc(-c4ccccc4)nc4c3oc3ccc(F)cc34)CN2C1=O. The molecule has 2 aliphatic heterocycles. The van der Waals surface area contributed by atoms with Crippen molar-refractivity contribution in [3.8, 4) is 17.3 Å². The number of amides is 4. The third kappa shape index (κ3) is 8.61. The lowest BCUT2D eigenvalue weighted by atomic mass is 10.0. The van der Waals surface area contributed by atoms with Crippen molar-refractivity contribution in [1.29, 1.82) is 0 Å². The average molecular weight is 831 g/mol. The van der Waals surface area contributed by atoms with Crippen LogP contribution in [0.1, 0.15) is 78.6 Å². The molecule has 59 heavy (non-hydrogen) atoms. The number of benzene rings is 2. The number of furan rings is 1. The summed E-state index contributed by atoms with van der Waals surface area (Å²) in [5.41, 5.74) is -0.986. The molecule has 4 aliphatic rings. The summed E-state index contributed by atoms with van der Waals surface area (Å²) in [7, 11) is -3.94. The van der Waals surface area contributed by atoms with Gasteiger partial charge in [-0.2, -0.15) is 4.98 Å². The minimum Gasteiger partial charge on any atom is -0.470 e. The van der Waals surface area contributed by atoms with Gasteiger partial charge in [-0.15, -0.1) is 0 Å². The average Bonchev–Trinajstić information content (AvgIpc) is 4.08. The van der Waals surface area contributed by atoms with Crippen molar-refractivity contribution >= 4 is 55.9 Å². The molecule has 0 spiro atoms. The molecule has 3 N–H and O–H groups in total. The fourth-order valence-corrected chi connectivity index (χ4v) is 9.21. The quantitative estimate of drug-likeness (QED) is 0.201. The first kappa shape index (κ1) is 40.2. The lowest BCUT2D eigenvalue weighted by Crippen LogP contribution is -2.58. The zero-order valence-electron chi connectivity index (χ0n) is 33.0. The number of carbonyl (C=O) groups is 4. The number of nitrogens with one attached hydrogen (secondary N) is 3. The number of fused-ring (bicyclic) bond motifs is 5. The summed E-state index contributed by atoms with van der Waals surface area (Å²) in [6.07, 6.45) is 6.05. The van der Waals surface area contributed by atoms with Gasteiger partial charge in [0.1, 0.15) is 46.2 Å². The first-order valence-electron chi connectivity index (χ1n) is 20.1. The number of rotatable bonds is 7. The Morgan fingerprint density at radius 2 is 1.81 bits per heavy atom. The van der Waals surface area contributed by atoms with Crippen LogP contribution in [-0.4, -0.2) is 88.2 Å². The Labute approximate surface area is 340 Å². The fraction of sp³-hybridized carbons (Fsp3) is 0.476. The van der Waals surface area contributed by atoms with Crippen LogP contribution in [0.25, 0.3) is 33.5 Å². The van der Waals surface area contributed by atoms with Gasteiger partial charge in [0.05, 0.1) is 11.8 Å². The maximum Gasteiger partial charge on any atom is 0.408 e. The van der Waals surface area contributed by atoms with Crippen LogP contribution in [0.4, 0.5) is 9.18 Å². The van der Waals surface area contributed by atoms with Crippen molar-refractivity contribution in [2.45, 2.75) is 113 Å². The largest absolute Gasteiger partial charge is 0.470 e. The Morgan fingerprint density at radius 3 is 2.56 bits per heavy atom. The molecular weight excluding hydrogens is 784 g/mol. The highest BCUT2D eigenvalue weighted by Gasteiger charge is 2.62. The first-order chi connectivity index (χ1) is 28.1. The minimum absolute atomic E-state index is 0.00279. The van der Waals surface area contributed by atoms with E-state index in [1.807, 2.05) is 42.5 Å².